The third-order valence-corrected chi connectivity index (χ3v) is 1.67. The lowest BCUT2D eigenvalue weighted by atomic mass is 9.93. The molecule has 0 atom stereocenters. The largest absolute Gasteiger partial charge is 0.395 e. The molecular formula is C8H12O2. The summed E-state index contributed by atoms with van der Waals surface area (Å²) in [6.45, 7) is 0.671. The van der Waals surface area contributed by atoms with Gasteiger partial charge in [-0.1, -0.05) is 24.3 Å². The molecule has 2 nitrogen and oxygen atoms in total. The molecule has 2 heteroatoms. The molecule has 0 amide bonds. The molecule has 1 N–H and O–H groups in total. The maximum Gasteiger partial charge on any atom is 0.0610 e. The molecule has 0 unspecified atom stereocenters. The first-order valence-corrected chi connectivity index (χ1v) is 3.30. The Labute approximate surface area is 60.8 Å². The summed E-state index contributed by atoms with van der Waals surface area (Å²) in [5.74, 6) is 0. The van der Waals surface area contributed by atoms with Crippen LogP contribution < -0.4 is 0 Å². The fraction of sp³-hybridized carbons (Fsp3) is 0.500. The number of aliphatic hydroxyl groups excluding tert-OH is 1. The molecule has 1 aliphatic rings. The topological polar surface area (TPSA) is 29.5 Å². The van der Waals surface area contributed by atoms with Crippen LogP contribution in [0.2, 0.25) is 0 Å². The smallest absolute Gasteiger partial charge is 0.0610 e. The SMILES string of the molecule is COCC1(CO)C=CC=C1. The second-order valence-corrected chi connectivity index (χ2v) is 2.54. The van der Waals surface area contributed by atoms with E-state index in [0.717, 1.165) is 0 Å². The van der Waals surface area contributed by atoms with Gasteiger partial charge in [-0.25, -0.2) is 0 Å². The summed E-state index contributed by atoms with van der Waals surface area (Å²) in [6, 6.07) is 0. The van der Waals surface area contributed by atoms with Crippen molar-refractivity contribution >= 4 is 0 Å². The van der Waals surface area contributed by atoms with Gasteiger partial charge in [-0.15, -0.1) is 0 Å². The highest BCUT2D eigenvalue weighted by molar-refractivity contribution is 5.25. The zero-order chi connectivity index (χ0) is 7.45. The molecule has 1 aliphatic carbocycles. The first-order valence-electron chi connectivity index (χ1n) is 3.30. The number of allylic oxidation sites excluding steroid dienone is 2. The summed E-state index contributed by atoms with van der Waals surface area (Å²) >= 11 is 0. The van der Waals surface area contributed by atoms with Crippen molar-refractivity contribution in [2.24, 2.45) is 5.41 Å². The summed E-state index contributed by atoms with van der Waals surface area (Å²) in [5, 5.41) is 8.97. The normalized spacial score (nSPS) is 20.2. The summed E-state index contributed by atoms with van der Waals surface area (Å²) in [4.78, 5) is 0. The minimum atomic E-state index is -0.241. The van der Waals surface area contributed by atoms with Crippen LogP contribution in [0.4, 0.5) is 0 Å². The Hall–Kier alpha value is -0.600. The van der Waals surface area contributed by atoms with Crippen molar-refractivity contribution in [3.05, 3.63) is 24.3 Å². The van der Waals surface area contributed by atoms with E-state index >= 15 is 0 Å². The maximum absolute atomic E-state index is 8.97. The number of hydrogen-bond donors (Lipinski definition) is 1. The van der Waals surface area contributed by atoms with Crippen molar-refractivity contribution in [3.8, 4) is 0 Å². The molecule has 56 valence electrons. The molecule has 0 fully saturated rings. The Morgan fingerprint density at radius 1 is 1.40 bits per heavy atom. The molecule has 0 bridgehead atoms. The van der Waals surface area contributed by atoms with E-state index in [4.69, 9.17) is 9.84 Å². The highest BCUT2D eigenvalue weighted by Crippen LogP contribution is 2.25. The summed E-state index contributed by atoms with van der Waals surface area (Å²) in [7, 11) is 1.64. The number of ether oxygens (including phenoxy) is 1. The second kappa shape index (κ2) is 2.99. The maximum atomic E-state index is 8.97. The van der Waals surface area contributed by atoms with E-state index in [2.05, 4.69) is 0 Å². The van der Waals surface area contributed by atoms with Crippen LogP contribution in [0.1, 0.15) is 0 Å². The zero-order valence-corrected chi connectivity index (χ0v) is 6.08. The summed E-state index contributed by atoms with van der Waals surface area (Å²) in [6.07, 6.45) is 7.76. The van der Waals surface area contributed by atoms with E-state index in [-0.39, 0.29) is 12.0 Å². The summed E-state index contributed by atoms with van der Waals surface area (Å²) in [5.41, 5.74) is -0.241. The van der Waals surface area contributed by atoms with Crippen molar-refractivity contribution in [1.29, 1.82) is 0 Å². The number of hydrogen-bond acceptors (Lipinski definition) is 2. The lowest BCUT2D eigenvalue weighted by Crippen LogP contribution is -2.24. The Kier molecular flexibility index (Phi) is 2.25. The van der Waals surface area contributed by atoms with Crippen LogP contribution in [0.25, 0.3) is 0 Å². The van der Waals surface area contributed by atoms with Crippen LogP contribution >= 0.6 is 0 Å². The Bertz CT molecular complexity index is 147. The minimum absolute atomic E-state index is 0.119. The standard InChI is InChI=1S/C8H12O2/c1-10-7-8(6-9)4-2-3-5-8/h2-5,9H,6-7H2,1H3. The molecule has 1 rings (SSSR count). The number of aliphatic hydroxyl groups is 1. The fourth-order valence-electron chi connectivity index (χ4n) is 1.07. The Balaban J connectivity index is 2.60. The van der Waals surface area contributed by atoms with Gasteiger partial charge >= 0.3 is 0 Å². The highest BCUT2D eigenvalue weighted by Gasteiger charge is 2.24. The quantitative estimate of drug-likeness (QED) is 0.626. The van der Waals surface area contributed by atoms with Crippen LogP contribution in [0.3, 0.4) is 0 Å². The van der Waals surface area contributed by atoms with Crippen LogP contribution in [0.15, 0.2) is 24.3 Å². The monoisotopic (exact) mass is 140 g/mol. The van der Waals surface area contributed by atoms with Crippen LogP contribution in [-0.2, 0) is 4.74 Å². The first kappa shape index (κ1) is 7.51. The molecule has 0 aromatic carbocycles. The molecule has 0 aromatic heterocycles. The van der Waals surface area contributed by atoms with Gasteiger partial charge in [0.1, 0.15) is 0 Å². The van der Waals surface area contributed by atoms with Crippen LogP contribution in [0.5, 0.6) is 0 Å². The molecule has 0 saturated carbocycles. The minimum Gasteiger partial charge on any atom is -0.395 e. The predicted molar refractivity (Wildman–Crippen MR) is 39.7 cm³/mol. The number of methoxy groups -OCH3 is 1. The van der Waals surface area contributed by atoms with Crippen molar-refractivity contribution in [2.45, 2.75) is 0 Å². The van der Waals surface area contributed by atoms with E-state index in [1.54, 1.807) is 7.11 Å². The number of rotatable bonds is 3. The van der Waals surface area contributed by atoms with Gasteiger partial charge in [0.15, 0.2) is 0 Å². The molecule has 0 saturated heterocycles. The van der Waals surface area contributed by atoms with Gasteiger partial charge in [-0.2, -0.15) is 0 Å². The van der Waals surface area contributed by atoms with Crippen LogP contribution in [-0.4, -0.2) is 25.4 Å². The first-order chi connectivity index (χ1) is 4.83. The van der Waals surface area contributed by atoms with Crippen molar-refractivity contribution in [1.82, 2.24) is 0 Å². The lowest BCUT2D eigenvalue weighted by Gasteiger charge is -2.20. The van der Waals surface area contributed by atoms with E-state index in [0.29, 0.717) is 6.61 Å². The third kappa shape index (κ3) is 1.28. The van der Waals surface area contributed by atoms with E-state index in [1.165, 1.54) is 0 Å². The van der Waals surface area contributed by atoms with Gasteiger partial charge in [-0.3, -0.25) is 0 Å². The van der Waals surface area contributed by atoms with E-state index < -0.39 is 0 Å². The Morgan fingerprint density at radius 2 is 2.00 bits per heavy atom. The lowest BCUT2D eigenvalue weighted by molar-refractivity contribution is 0.0933. The zero-order valence-electron chi connectivity index (χ0n) is 6.08. The average molecular weight is 140 g/mol. The van der Waals surface area contributed by atoms with Crippen molar-refractivity contribution in [2.75, 3.05) is 20.3 Å². The predicted octanol–water partition coefficient (Wildman–Crippen LogP) is 0.738. The van der Waals surface area contributed by atoms with E-state index in [9.17, 15) is 0 Å². The van der Waals surface area contributed by atoms with Crippen molar-refractivity contribution < 1.29 is 9.84 Å². The Morgan fingerprint density at radius 3 is 2.40 bits per heavy atom. The van der Waals surface area contributed by atoms with Gasteiger partial charge in [0.05, 0.1) is 18.6 Å². The summed E-state index contributed by atoms with van der Waals surface area (Å²) < 4.78 is 4.96. The molecule has 0 aliphatic heterocycles. The average Bonchev–Trinajstić information content (AvgIpc) is 2.39. The molecular weight excluding hydrogens is 128 g/mol. The van der Waals surface area contributed by atoms with Crippen LogP contribution in [0, 0.1) is 5.41 Å². The molecule has 10 heavy (non-hydrogen) atoms. The second-order valence-electron chi connectivity index (χ2n) is 2.54. The third-order valence-electron chi connectivity index (χ3n) is 1.67. The molecule has 0 radical (unpaired) electrons. The molecule has 0 aromatic rings. The van der Waals surface area contributed by atoms with Gasteiger partial charge in [0.2, 0.25) is 0 Å². The van der Waals surface area contributed by atoms with Gasteiger partial charge in [-0.05, 0) is 0 Å². The molecule has 0 heterocycles. The van der Waals surface area contributed by atoms with Crippen molar-refractivity contribution in [3.63, 3.8) is 0 Å². The van der Waals surface area contributed by atoms with Gasteiger partial charge < -0.3 is 9.84 Å². The fourth-order valence-corrected chi connectivity index (χ4v) is 1.07. The van der Waals surface area contributed by atoms with Gasteiger partial charge in [0, 0.05) is 7.11 Å². The van der Waals surface area contributed by atoms with Gasteiger partial charge in [0.25, 0.3) is 0 Å². The highest BCUT2D eigenvalue weighted by atomic mass is 16.5. The van der Waals surface area contributed by atoms with E-state index in [1.807, 2.05) is 24.3 Å². The molecule has 0 spiro atoms.